The standard InChI is InChI=1S/C14H9Cl2F2I/c15-10(8-4-5-13(19)11(16)6-8)7-9-2-1-3-12(17)14(9)18/h1-6,10H,7H2. The Bertz CT molecular complexity index is 602. The van der Waals surface area contributed by atoms with Crippen molar-refractivity contribution in [3.63, 3.8) is 0 Å². The van der Waals surface area contributed by atoms with Crippen LogP contribution in [-0.4, -0.2) is 0 Å². The monoisotopic (exact) mass is 412 g/mol. The minimum Gasteiger partial charge on any atom is -0.204 e. The average molecular weight is 413 g/mol. The summed E-state index contributed by atoms with van der Waals surface area (Å²) >= 11 is 14.4. The number of benzene rings is 2. The van der Waals surface area contributed by atoms with Crippen molar-refractivity contribution in [1.82, 2.24) is 0 Å². The molecule has 0 saturated carbocycles. The third-order valence-corrected chi connectivity index (χ3v) is 4.71. The lowest BCUT2D eigenvalue weighted by molar-refractivity contribution is 0.498. The van der Waals surface area contributed by atoms with Gasteiger partial charge in [-0.05, 0) is 58.3 Å². The first-order chi connectivity index (χ1) is 8.99. The first-order valence-corrected chi connectivity index (χ1v) is 7.40. The topological polar surface area (TPSA) is 0 Å². The van der Waals surface area contributed by atoms with Gasteiger partial charge in [-0.3, -0.25) is 0 Å². The zero-order valence-corrected chi connectivity index (χ0v) is 13.3. The summed E-state index contributed by atoms with van der Waals surface area (Å²) in [5.41, 5.74) is 1.05. The second-order valence-electron chi connectivity index (χ2n) is 4.06. The van der Waals surface area contributed by atoms with Crippen molar-refractivity contribution in [2.75, 3.05) is 0 Å². The van der Waals surface area contributed by atoms with Crippen LogP contribution in [0.2, 0.25) is 5.02 Å². The summed E-state index contributed by atoms with van der Waals surface area (Å²) in [5, 5.41) is 0.147. The number of halogens is 5. The summed E-state index contributed by atoms with van der Waals surface area (Å²) in [6.07, 6.45) is 0.210. The third-order valence-electron chi connectivity index (χ3n) is 2.74. The Morgan fingerprint density at radius 1 is 1.16 bits per heavy atom. The van der Waals surface area contributed by atoms with Gasteiger partial charge >= 0.3 is 0 Å². The van der Waals surface area contributed by atoms with E-state index in [9.17, 15) is 8.78 Å². The van der Waals surface area contributed by atoms with E-state index in [0.29, 0.717) is 5.02 Å². The van der Waals surface area contributed by atoms with Crippen LogP contribution in [0, 0.1) is 15.2 Å². The second kappa shape index (κ2) is 6.37. The van der Waals surface area contributed by atoms with E-state index in [0.717, 1.165) is 15.2 Å². The van der Waals surface area contributed by atoms with Crippen molar-refractivity contribution < 1.29 is 8.78 Å². The molecule has 2 aromatic rings. The number of alkyl halides is 1. The molecule has 100 valence electrons. The predicted octanol–water partition coefficient (Wildman–Crippen LogP) is 5.75. The van der Waals surface area contributed by atoms with Gasteiger partial charge in [0.2, 0.25) is 0 Å². The number of hydrogen-bond acceptors (Lipinski definition) is 0. The van der Waals surface area contributed by atoms with Crippen LogP contribution >= 0.6 is 45.8 Å². The molecule has 1 atom stereocenters. The summed E-state index contributed by atoms with van der Waals surface area (Å²) in [5.74, 6) is -1.70. The summed E-state index contributed by atoms with van der Waals surface area (Å²) < 4.78 is 27.6. The maximum absolute atomic E-state index is 13.6. The summed E-state index contributed by atoms with van der Waals surface area (Å²) in [6, 6.07) is 9.51. The van der Waals surface area contributed by atoms with Crippen LogP contribution < -0.4 is 0 Å². The molecule has 0 amide bonds. The first kappa shape index (κ1) is 15.0. The fourth-order valence-corrected chi connectivity index (χ4v) is 2.55. The van der Waals surface area contributed by atoms with Gasteiger partial charge in [0.05, 0.1) is 10.4 Å². The zero-order valence-electron chi connectivity index (χ0n) is 9.64. The van der Waals surface area contributed by atoms with E-state index in [1.807, 2.05) is 12.1 Å². The molecule has 0 heterocycles. The highest BCUT2D eigenvalue weighted by atomic mass is 127. The Morgan fingerprint density at radius 3 is 2.58 bits per heavy atom. The molecule has 19 heavy (non-hydrogen) atoms. The average Bonchev–Trinajstić information content (AvgIpc) is 2.38. The first-order valence-electron chi connectivity index (χ1n) is 5.51. The van der Waals surface area contributed by atoms with E-state index < -0.39 is 17.0 Å². The van der Waals surface area contributed by atoms with Crippen LogP contribution in [0.25, 0.3) is 0 Å². The highest BCUT2D eigenvalue weighted by molar-refractivity contribution is 14.1. The largest absolute Gasteiger partial charge is 0.204 e. The van der Waals surface area contributed by atoms with Crippen LogP contribution in [-0.2, 0) is 6.42 Å². The fraction of sp³-hybridized carbons (Fsp3) is 0.143. The maximum atomic E-state index is 13.6. The number of rotatable bonds is 3. The molecule has 0 aliphatic carbocycles. The maximum Gasteiger partial charge on any atom is 0.162 e. The quantitative estimate of drug-likeness (QED) is 0.445. The van der Waals surface area contributed by atoms with Crippen LogP contribution in [0.4, 0.5) is 8.78 Å². The molecule has 0 nitrogen and oxygen atoms in total. The second-order valence-corrected chi connectivity index (χ2v) is 6.15. The molecule has 0 saturated heterocycles. The van der Waals surface area contributed by atoms with Gasteiger partial charge in [-0.1, -0.05) is 29.8 Å². The van der Waals surface area contributed by atoms with Gasteiger partial charge in [-0.2, -0.15) is 0 Å². The molecule has 2 aromatic carbocycles. The molecule has 0 aliphatic rings. The Hall–Kier alpha value is -0.390. The van der Waals surface area contributed by atoms with E-state index in [4.69, 9.17) is 23.2 Å². The molecule has 5 heteroatoms. The Labute approximate surface area is 133 Å². The molecule has 1 unspecified atom stereocenters. The van der Waals surface area contributed by atoms with Crippen molar-refractivity contribution in [1.29, 1.82) is 0 Å². The Kier molecular flexibility index (Phi) is 5.03. The van der Waals surface area contributed by atoms with Crippen molar-refractivity contribution in [2.24, 2.45) is 0 Å². The van der Waals surface area contributed by atoms with Crippen molar-refractivity contribution in [3.05, 3.63) is 67.8 Å². The van der Waals surface area contributed by atoms with E-state index in [2.05, 4.69) is 22.6 Å². The highest BCUT2D eigenvalue weighted by Crippen LogP contribution is 2.30. The Morgan fingerprint density at radius 2 is 1.89 bits per heavy atom. The molecule has 0 spiro atoms. The van der Waals surface area contributed by atoms with E-state index in [1.165, 1.54) is 12.1 Å². The summed E-state index contributed by atoms with van der Waals surface area (Å²) in [7, 11) is 0. The van der Waals surface area contributed by atoms with Crippen LogP contribution in [0.1, 0.15) is 16.5 Å². The molecule has 2 rings (SSSR count). The molecule has 0 N–H and O–H groups in total. The van der Waals surface area contributed by atoms with Gasteiger partial charge in [0.15, 0.2) is 11.6 Å². The molecule has 0 bridgehead atoms. The zero-order chi connectivity index (χ0) is 14.0. The molecule has 0 aromatic heterocycles. The van der Waals surface area contributed by atoms with Crippen molar-refractivity contribution in [3.8, 4) is 0 Å². The van der Waals surface area contributed by atoms with Gasteiger partial charge in [0.25, 0.3) is 0 Å². The minimum atomic E-state index is -0.859. The summed E-state index contributed by atoms with van der Waals surface area (Å²) in [4.78, 5) is 0. The third kappa shape index (κ3) is 3.58. The van der Waals surface area contributed by atoms with Crippen LogP contribution in [0.3, 0.4) is 0 Å². The van der Waals surface area contributed by atoms with E-state index >= 15 is 0 Å². The van der Waals surface area contributed by atoms with Gasteiger partial charge in [0, 0.05) is 3.57 Å². The van der Waals surface area contributed by atoms with Crippen molar-refractivity contribution in [2.45, 2.75) is 11.8 Å². The van der Waals surface area contributed by atoms with Gasteiger partial charge in [-0.15, -0.1) is 11.6 Å². The predicted molar refractivity (Wildman–Crippen MR) is 82.8 cm³/mol. The van der Waals surface area contributed by atoms with Crippen LogP contribution in [0.15, 0.2) is 36.4 Å². The fourth-order valence-electron chi connectivity index (χ4n) is 1.72. The molecular formula is C14H9Cl2F2I. The lowest BCUT2D eigenvalue weighted by atomic mass is 10.0. The molecule has 0 fully saturated rings. The summed E-state index contributed by atoms with van der Waals surface area (Å²) in [6.45, 7) is 0. The van der Waals surface area contributed by atoms with Gasteiger partial charge in [-0.25, -0.2) is 8.78 Å². The van der Waals surface area contributed by atoms with Gasteiger partial charge < -0.3 is 0 Å². The van der Waals surface area contributed by atoms with E-state index in [-0.39, 0.29) is 12.0 Å². The van der Waals surface area contributed by atoms with Gasteiger partial charge in [0.1, 0.15) is 0 Å². The molecular weight excluding hydrogens is 404 g/mol. The molecule has 0 radical (unpaired) electrons. The highest BCUT2D eigenvalue weighted by Gasteiger charge is 2.15. The minimum absolute atomic E-state index is 0.210. The lowest BCUT2D eigenvalue weighted by Crippen LogP contribution is -2.00. The van der Waals surface area contributed by atoms with Crippen LogP contribution in [0.5, 0.6) is 0 Å². The Balaban J connectivity index is 2.23. The smallest absolute Gasteiger partial charge is 0.162 e. The van der Waals surface area contributed by atoms with Crippen molar-refractivity contribution >= 4 is 45.8 Å². The normalized spacial score (nSPS) is 12.5. The molecule has 0 aliphatic heterocycles. The SMILES string of the molecule is Fc1cccc(CC(Cl)c2ccc(I)c(Cl)c2)c1F. The lowest BCUT2D eigenvalue weighted by Gasteiger charge is -2.12. The number of hydrogen-bond donors (Lipinski definition) is 0. The van der Waals surface area contributed by atoms with E-state index in [1.54, 1.807) is 6.07 Å².